The molecule has 1 amide bonds. The van der Waals surface area contributed by atoms with Crippen LogP contribution in [0.5, 0.6) is 0 Å². The number of rotatable bonds is 11. The summed E-state index contributed by atoms with van der Waals surface area (Å²) in [5.41, 5.74) is 1.23. The maximum atomic E-state index is 11.8. The summed E-state index contributed by atoms with van der Waals surface area (Å²) in [5, 5.41) is 2.54. The van der Waals surface area contributed by atoms with Gasteiger partial charge in [-0.15, -0.1) is 6.21 Å². The number of benzene rings is 1. The largest absolute Gasteiger partial charge is 1.00 e. The second-order valence-electron chi connectivity index (χ2n) is 6.18. The molecule has 1 aromatic carbocycles. The number of amides is 1. The molecular weight excluding hydrogens is 359 g/mol. The van der Waals surface area contributed by atoms with Crippen molar-refractivity contribution in [2.24, 2.45) is 4.99 Å². The molecule has 0 bridgehead atoms. The van der Waals surface area contributed by atoms with Crippen molar-refractivity contribution in [1.82, 2.24) is 5.32 Å². The predicted octanol–water partition coefficient (Wildman–Crippen LogP) is 1.16. The second kappa shape index (κ2) is 17.8. The minimum Gasteiger partial charge on any atom is -0.583 e. The van der Waals surface area contributed by atoms with E-state index in [0.717, 1.165) is 32.1 Å². The fraction of sp³-hybridized carbons (Fsp3) is 0.435. The Morgan fingerprint density at radius 2 is 2.00 bits per heavy atom. The van der Waals surface area contributed by atoms with Gasteiger partial charge < -0.3 is 27.3 Å². The first-order valence-corrected chi connectivity index (χ1v) is 9.61. The number of alkyl carbamates (subject to hydrolysis) is 1. The number of unbranched alkanes of at least 4 members (excludes halogenated alkanes) is 3. The minimum atomic E-state index is -0.820. The summed E-state index contributed by atoms with van der Waals surface area (Å²) in [5.74, 6) is 4.71. The van der Waals surface area contributed by atoms with Gasteiger partial charge in [0, 0.05) is 6.92 Å². The summed E-state index contributed by atoms with van der Waals surface area (Å²) >= 11 is 0. The number of aryl methyl sites for hydroxylation is 1. The van der Waals surface area contributed by atoms with Crippen molar-refractivity contribution in [2.75, 3.05) is 6.61 Å². The summed E-state index contributed by atoms with van der Waals surface area (Å²) in [6.07, 6.45) is 12.3. The summed E-state index contributed by atoms with van der Waals surface area (Å²) in [6, 6.07) is 9.27. The van der Waals surface area contributed by atoms with E-state index in [9.17, 15) is 9.59 Å². The summed E-state index contributed by atoms with van der Waals surface area (Å²) < 4.78 is 5.11. The number of ether oxygens (including phenoxy) is 1. The van der Waals surface area contributed by atoms with Crippen LogP contribution in [0.25, 0.3) is 0 Å². The van der Waals surface area contributed by atoms with E-state index in [0.29, 0.717) is 13.0 Å². The average Bonchev–Trinajstić information content (AvgIpc) is 2.69. The molecule has 0 saturated carbocycles. The molecule has 0 aliphatic rings. The molecule has 0 radical (unpaired) electrons. The van der Waals surface area contributed by atoms with Crippen molar-refractivity contribution < 1.29 is 33.2 Å². The van der Waals surface area contributed by atoms with Crippen molar-refractivity contribution in [3.8, 4) is 11.8 Å². The van der Waals surface area contributed by atoms with Gasteiger partial charge in [0.05, 0.1) is 12.6 Å². The van der Waals surface area contributed by atoms with E-state index in [2.05, 4.69) is 53.5 Å². The van der Waals surface area contributed by atoms with Crippen molar-refractivity contribution in [3.63, 3.8) is 0 Å². The maximum Gasteiger partial charge on any atom is 1.00 e. The molecule has 1 aromatic rings. The quantitative estimate of drug-likeness (QED) is 0.155. The Balaban J connectivity index is 0.00000784. The van der Waals surface area contributed by atoms with Crippen molar-refractivity contribution in [3.05, 3.63) is 48.2 Å². The molecule has 0 aromatic heterocycles. The summed E-state index contributed by atoms with van der Waals surface area (Å²) in [6.45, 7) is 3.82. The van der Waals surface area contributed by atoms with Gasteiger partial charge in [-0.2, -0.15) is 6.42 Å². The molecule has 1 unspecified atom stereocenters. The Hall–Kier alpha value is -2.27. The molecule has 6 heteroatoms. The standard InChI is InChI=1S/C23H28N2O3.Li/c1-3-4-5-11-18-28-23(27)25-22(16-15-20(2)26)19-24-17-10-9-14-21-12-7-6-8-13-21;/h6-8,12-13,17,22H,3-5,9,11,14,18H2,1-2H3,(H,25,27);/q-2;+1. The Morgan fingerprint density at radius 1 is 1.24 bits per heavy atom. The van der Waals surface area contributed by atoms with Crippen LogP contribution < -0.4 is 24.2 Å². The topological polar surface area (TPSA) is 67.8 Å². The Morgan fingerprint density at radius 3 is 2.69 bits per heavy atom. The second-order valence-corrected chi connectivity index (χ2v) is 6.18. The number of nitrogens with one attached hydrogen (secondary N) is 1. The minimum absolute atomic E-state index is 0. The van der Waals surface area contributed by atoms with Crippen LogP contribution in [0.1, 0.15) is 51.5 Å². The Labute approximate surface area is 186 Å². The van der Waals surface area contributed by atoms with E-state index in [1.807, 2.05) is 18.2 Å². The van der Waals surface area contributed by atoms with Crippen molar-refractivity contribution >= 4 is 18.1 Å². The molecule has 0 spiro atoms. The SMILES string of the molecule is CCCCCCOC(=O)NC(C#CC(C)=O)[C-]=NC=[C-]CCc1ccccc1.[Li+]. The number of carbonyl (C=O) groups is 2. The first kappa shape index (κ1) is 26.7. The zero-order valence-corrected chi connectivity index (χ0v) is 17.7. The van der Waals surface area contributed by atoms with E-state index >= 15 is 0 Å². The first-order valence-electron chi connectivity index (χ1n) is 9.61. The van der Waals surface area contributed by atoms with Crippen LogP contribution in [0.3, 0.4) is 0 Å². The number of allylic oxidation sites excluding steroid dienone is 1. The van der Waals surface area contributed by atoms with Crippen molar-refractivity contribution in [2.45, 2.75) is 58.4 Å². The van der Waals surface area contributed by atoms with Gasteiger partial charge in [-0.1, -0.05) is 74.4 Å². The molecule has 29 heavy (non-hydrogen) atoms. The van der Waals surface area contributed by atoms with Crippen LogP contribution in [-0.4, -0.2) is 30.7 Å². The number of hydrogen-bond acceptors (Lipinski definition) is 4. The molecule has 0 saturated heterocycles. The van der Waals surface area contributed by atoms with Gasteiger partial charge >= 0.3 is 25.0 Å². The molecule has 150 valence electrons. The van der Waals surface area contributed by atoms with Gasteiger partial charge in [-0.3, -0.25) is 4.79 Å². The fourth-order valence-corrected chi connectivity index (χ4v) is 2.21. The van der Waals surface area contributed by atoms with Gasteiger partial charge in [-0.25, -0.2) is 4.79 Å². The summed E-state index contributed by atoms with van der Waals surface area (Å²) in [7, 11) is 0. The normalized spacial score (nSPS) is 11.4. The molecule has 0 fully saturated rings. The smallest absolute Gasteiger partial charge is 0.583 e. The van der Waals surface area contributed by atoms with Crippen molar-refractivity contribution in [1.29, 1.82) is 0 Å². The van der Waals surface area contributed by atoms with E-state index in [4.69, 9.17) is 4.74 Å². The molecule has 0 aliphatic carbocycles. The van der Waals surface area contributed by atoms with E-state index in [1.165, 1.54) is 18.7 Å². The molecule has 1 atom stereocenters. The molecular formula is C23H28LiN2O3-. The molecule has 1 N–H and O–H groups in total. The van der Waals surface area contributed by atoms with Crippen LogP contribution in [0, 0.1) is 17.9 Å². The maximum absolute atomic E-state index is 11.8. The van der Waals surface area contributed by atoms with Crippen LogP contribution in [-0.2, 0) is 16.0 Å². The third kappa shape index (κ3) is 15.3. The first-order chi connectivity index (χ1) is 13.6. The summed E-state index contributed by atoms with van der Waals surface area (Å²) in [4.78, 5) is 26.9. The van der Waals surface area contributed by atoms with Gasteiger partial charge in [0.1, 0.15) is 0 Å². The third-order valence-electron chi connectivity index (χ3n) is 3.65. The number of carbonyl (C=O) groups excluding carboxylic acids is 2. The zero-order chi connectivity index (χ0) is 20.5. The van der Waals surface area contributed by atoms with E-state index in [1.54, 1.807) is 0 Å². The van der Waals surface area contributed by atoms with Crippen LogP contribution in [0.2, 0.25) is 0 Å². The van der Waals surface area contributed by atoms with Gasteiger partial charge in [0.2, 0.25) is 5.78 Å². The number of nitrogens with zero attached hydrogens (tertiary/aromatic N) is 1. The number of aliphatic imine (C=N–C) groups is 1. The number of Topliss-reactive ketones (excluding diaryl/α,β-unsaturated/α-hetero) is 1. The third-order valence-corrected chi connectivity index (χ3v) is 3.65. The number of hydrogen-bond donors (Lipinski definition) is 1. The fourth-order valence-electron chi connectivity index (χ4n) is 2.21. The molecule has 1 rings (SSSR count). The zero-order valence-electron chi connectivity index (χ0n) is 17.7. The Kier molecular flexibility index (Phi) is 16.4. The van der Waals surface area contributed by atoms with Crippen LogP contribution in [0.4, 0.5) is 4.79 Å². The molecule has 0 heterocycles. The predicted molar refractivity (Wildman–Crippen MR) is 111 cm³/mol. The van der Waals surface area contributed by atoms with Crippen LogP contribution in [0.15, 0.2) is 41.5 Å². The van der Waals surface area contributed by atoms with Gasteiger partial charge in [-0.05, 0) is 12.3 Å². The van der Waals surface area contributed by atoms with Gasteiger partial charge in [0.15, 0.2) is 0 Å². The monoisotopic (exact) mass is 387 g/mol. The van der Waals surface area contributed by atoms with E-state index in [-0.39, 0.29) is 24.6 Å². The van der Waals surface area contributed by atoms with Crippen LogP contribution >= 0.6 is 0 Å². The average molecular weight is 387 g/mol. The van der Waals surface area contributed by atoms with E-state index < -0.39 is 12.1 Å². The Bertz CT molecular complexity index is 706. The van der Waals surface area contributed by atoms with Gasteiger partial charge in [0.25, 0.3) is 0 Å². The number of ketones is 1. The molecule has 0 aliphatic heterocycles. The molecule has 5 nitrogen and oxygen atoms in total.